The molecule has 0 saturated carbocycles. The summed E-state index contributed by atoms with van der Waals surface area (Å²) in [6.45, 7) is 1.36. The summed E-state index contributed by atoms with van der Waals surface area (Å²) in [6.07, 6.45) is 4.13. The van der Waals surface area contributed by atoms with Crippen molar-refractivity contribution in [3.8, 4) is 0 Å². The molecule has 1 aliphatic rings. The number of rotatable bonds is 3. The van der Waals surface area contributed by atoms with Crippen LogP contribution in [-0.2, 0) is 0 Å². The molecule has 0 radical (unpaired) electrons. The van der Waals surface area contributed by atoms with Crippen molar-refractivity contribution in [2.24, 2.45) is 0 Å². The number of carbonyl (C=O) groups is 1. The molecule has 1 unspecified atom stereocenters. The van der Waals surface area contributed by atoms with Gasteiger partial charge in [-0.2, -0.15) is 0 Å². The zero-order valence-electron chi connectivity index (χ0n) is 12.2. The van der Waals surface area contributed by atoms with Crippen LogP contribution < -0.4 is 5.32 Å². The van der Waals surface area contributed by atoms with Crippen LogP contribution in [0.5, 0.6) is 0 Å². The normalized spacial score (nSPS) is 17.6. The summed E-state index contributed by atoms with van der Waals surface area (Å²) in [4.78, 5) is 23.6. The molecule has 7 nitrogen and oxygen atoms in total. The molecule has 1 aliphatic heterocycles. The van der Waals surface area contributed by atoms with Gasteiger partial charge in [0.25, 0.3) is 5.91 Å². The summed E-state index contributed by atoms with van der Waals surface area (Å²) in [5.41, 5.74) is 1.73. The molecule has 1 saturated heterocycles. The second-order valence-corrected chi connectivity index (χ2v) is 6.19. The van der Waals surface area contributed by atoms with Crippen molar-refractivity contribution < 1.29 is 4.79 Å². The summed E-state index contributed by atoms with van der Waals surface area (Å²) in [5, 5.41) is 7.09. The lowest BCUT2D eigenvalue weighted by Gasteiger charge is -2.16. The van der Waals surface area contributed by atoms with Crippen molar-refractivity contribution >= 4 is 34.3 Å². The van der Waals surface area contributed by atoms with Crippen molar-refractivity contribution in [2.45, 2.75) is 12.5 Å². The van der Waals surface area contributed by atoms with Crippen molar-refractivity contribution in [3.05, 3.63) is 41.5 Å². The lowest BCUT2D eigenvalue weighted by atomic mass is 10.2. The SMILES string of the molecule is O=C(c1cnns1)N1CCC(Nc2cnc3ccccc3n2)C1. The number of nitrogens with one attached hydrogen (secondary N) is 1. The van der Waals surface area contributed by atoms with Gasteiger partial charge in [-0.3, -0.25) is 9.78 Å². The third-order valence-corrected chi connectivity index (χ3v) is 4.50. The van der Waals surface area contributed by atoms with Crippen LogP contribution in [0.4, 0.5) is 5.82 Å². The predicted molar refractivity (Wildman–Crippen MR) is 87.4 cm³/mol. The third-order valence-electron chi connectivity index (χ3n) is 3.85. The van der Waals surface area contributed by atoms with Crippen LogP contribution in [0.15, 0.2) is 36.7 Å². The topological polar surface area (TPSA) is 83.9 Å². The fraction of sp³-hybridized carbons (Fsp3) is 0.267. The molecule has 116 valence electrons. The minimum atomic E-state index is -0.00565. The Balaban J connectivity index is 1.44. The van der Waals surface area contributed by atoms with Gasteiger partial charge in [-0.15, -0.1) is 5.10 Å². The molecule has 4 rings (SSSR count). The van der Waals surface area contributed by atoms with Crippen LogP contribution in [0, 0.1) is 0 Å². The first kappa shape index (κ1) is 14.0. The zero-order chi connectivity index (χ0) is 15.6. The lowest BCUT2D eigenvalue weighted by molar-refractivity contribution is 0.0796. The molecule has 0 aliphatic carbocycles. The van der Waals surface area contributed by atoms with Gasteiger partial charge in [0.15, 0.2) is 0 Å². The highest BCUT2D eigenvalue weighted by molar-refractivity contribution is 7.07. The number of likely N-dealkylation sites (tertiary alicyclic amines) is 1. The molecule has 1 amide bonds. The Morgan fingerprint density at radius 3 is 2.96 bits per heavy atom. The Labute approximate surface area is 136 Å². The van der Waals surface area contributed by atoms with Crippen molar-refractivity contribution in [1.29, 1.82) is 0 Å². The third kappa shape index (κ3) is 2.85. The van der Waals surface area contributed by atoms with Crippen LogP contribution in [0.2, 0.25) is 0 Å². The van der Waals surface area contributed by atoms with Crippen molar-refractivity contribution in [1.82, 2.24) is 24.5 Å². The minimum absolute atomic E-state index is 0.00565. The largest absolute Gasteiger partial charge is 0.364 e. The summed E-state index contributed by atoms with van der Waals surface area (Å²) in [6, 6.07) is 7.94. The number of hydrogen-bond donors (Lipinski definition) is 1. The van der Waals surface area contributed by atoms with E-state index in [-0.39, 0.29) is 11.9 Å². The van der Waals surface area contributed by atoms with E-state index in [2.05, 4.69) is 24.9 Å². The predicted octanol–water partition coefficient (Wildman–Crippen LogP) is 1.81. The summed E-state index contributed by atoms with van der Waals surface area (Å²) < 4.78 is 3.74. The van der Waals surface area contributed by atoms with E-state index >= 15 is 0 Å². The lowest BCUT2D eigenvalue weighted by Crippen LogP contribution is -2.31. The molecule has 1 N–H and O–H groups in total. The first-order valence-corrected chi connectivity index (χ1v) is 8.12. The van der Waals surface area contributed by atoms with Gasteiger partial charge in [0.1, 0.15) is 10.7 Å². The van der Waals surface area contributed by atoms with Crippen LogP contribution in [-0.4, -0.2) is 49.5 Å². The highest BCUT2D eigenvalue weighted by Gasteiger charge is 2.28. The molecular formula is C15H14N6OS. The molecule has 0 spiro atoms. The highest BCUT2D eigenvalue weighted by Crippen LogP contribution is 2.19. The zero-order valence-corrected chi connectivity index (χ0v) is 13.0. The Hall–Kier alpha value is -2.61. The number of carbonyl (C=O) groups excluding carboxylic acids is 1. The number of para-hydroxylation sites is 2. The van der Waals surface area contributed by atoms with Gasteiger partial charge in [0, 0.05) is 19.1 Å². The molecule has 23 heavy (non-hydrogen) atoms. The van der Waals surface area contributed by atoms with Gasteiger partial charge in [-0.1, -0.05) is 16.6 Å². The Kier molecular flexibility index (Phi) is 3.58. The minimum Gasteiger partial charge on any atom is -0.364 e. The molecule has 1 atom stereocenters. The van der Waals surface area contributed by atoms with E-state index in [1.54, 1.807) is 6.20 Å². The average molecular weight is 326 g/mol. The maximum Gasteiger partial charge on any atom is 0.267 e. The van der Waals surface area contributed by atoms with Gasteiger partial charge >= 0.3 is 0 Å². The van der Waals surface area contributed by atoms with Gasteiger partial charge in [0.2, 0.25) is 0 Å². The van der Waals surface area contributed by atoms with Crippen LogP contribution >= 0.6 is 11.5 Å². The fourth-order valence-corrected chi connectivity index (χ4v) is 3.20. The van der Waals surface area contributed by atoms with Gasteiger partial charge in [-0.25, -0.2) is 4.98 Å². The molecule has 2 aromatic heterocycles. The quantitative estimate of drug-likeness (QED) is 0.790. The first-order chi connectivity index (χ1) is 11.3. The number of benzene rings is 1. The molecule has 8 heteroatoms. The number of amides is 1. The number of nitrogens with zero attached hydrogens (tertiary/aromatic N) is 5. The van der Waals surface area contributed by atoms with Gasteiger partial charge in [0.05, 0.1) is 23.4 Å². The summed E-state index contributed by atoms with van der Waals surface area (Å²) in [7, 11) is 0. The molecule has 0 bridgehead atoms. The number of anilines is 1. The number of aromatic nitrogens is 4. The number of hydrogen-bond acceptors (Lipinski definition) is 7. The van der Waals surface area contributed by atoms with Crippen LogP contribution in [0.25, 0.3) is 11.0 Å². The van der Waals surface area contributed by atoms with E-state index in [1.165, 1.54) is 6.20 Å². The first-order valence-electron chi connectivity index (χ1n) is 7.34. The molecule has 3 heterocycles. The van der Waals surface area contributed by atoms with Gasteiger partial charge < -0.3 is 10.2 Å². The van der Waals surface area contributed by atoms with E-state index < -0.39 is 0 Å². The highest BCUT2D eigenvalue weighted by atomic mass is 32.1. The van der Waals surface area contributed by atoms with Crippen molar-refractivity contribution in [3.63, 3.8) is 0 Å². The van der Waals surface area contributed by atoms with Crippen molar-refractivity contribution in [2.75, 3.05) is 18.4 Å². The van der Waals surface area contributed by atoms with Gasteiger partial charge in [-0.05, 0) is 30.1 Å². The molecular weight excluding hydrogens is 312 g/mol. The van der Waals surface area contributed by atoms with Crippen LogP contribution in [0.1, 0.15) is 16.1 Å². The summed E-state index contributed by atoms with van der Waals surface area (Å²) >= 11 is 1.13. The van der Waals surface area contributed by atoms with E-state index in [1.807, 2.05) is 29.2 Å². The van der Waals surface area contributed by atoms with E-state index in [0.717, 1.165) is 41.3 Å². The standard InChI is InChI=1S/C15H14N6OS/c22-15(13-7-17-20-23-13)21-6-5-10(9-21)18-14-8-16-11-3-1-2-4-12(11)19-14/h1-4,7-8,10H,5-6,9H2,(H,18,19). The number of fused-ring (bicyclic) bond motifs is 1. The van der Waals surface area contributed by atoms with E-state index in [0.29, 0.717) is 11.4 Å². The fourth-order valence-electron chi connectivity index (χ4n) is 2.72. The smallest absolute Gasteiger partial charge is 0.267 e. The second kappa shape index (κ2) is 5.88. The summed E-state index contributed by atoms with van der Waals surface area (Å²) in [5.74, 6) is 0.733. The molecule has 1 aromatic carbocycles. The average Bonchev–Trinajstić information content (AvgIpc) is 3.26. The van der Waals surface area contributed by atoms with Crippen LogP contribution in [0.3, 0.4) is 0 Å². The maximum absolute atomic E-state index is 12.3. The van der Waals surface area contributed by atoms with E-state index in [9.17, 15) is 4.79 Å². The second-order valence-electron chi connectivity index (χ2n) is 5.41. The van der Waals surface area contributed by atoms with E-state index in [4.69, 9.17) is 0 Å². The Morgan fingerprint density at radius 2 is 2.13 bits per heavy atom. The maximum atomic E-state index is 12.3. The molecule has 3 aromatic rings. The Morgan fingerprint density at radius 1 is 1.26 bits per heavy atom. The Bertz CT molecular complexity index is 837. The monoisotopic (exact) mass is 326 g/mol. The molecule has 1 fully saturated rings.